The van der Waals surface area contributed by atoms with Gasteiger partial charge in [0, 0.05) is 16.7 Å². The molecule has 2 heteroatoms. The SMILES string of the molecule is Cc1ccc(CNc2ccc3cc(Br)ccc3c2)cc1C. The monoisotopic (exact) mass is 339 g/mol. The third kappa shape index (κ3) is 3.27. The summed E-state index contributed by atoms with van der Waals surface area (Å²) >= 11 is 3.51. The van der Waals surface area contributed by atoms with Gasteiger partial charge in [-0.3, -0.25) is 0 Å². The standard InChI is InChI=1S/C19H18BrN/c1-13-3-4-15(9-14(13)2)12-21-19-8-6-16-10-18(20)7-5-17(16)11-19/h3-11,21H,12H2,1-2H3. The number of anilines is 1. The van der Waals surface area contributed by atoms with Crippen LogP contribution < -0.4 is 5.32 Å². The van der Waals surface area contributed by atoms with E-state index in [9.17, 15) is 0 Å². The van der Waals surface area contributed by atoms with Crippen LogP contribution in [0.25, 0.3) is 10.8 Å². The maximum atomic E-state index is 3.51. The largest absolute Gasteiger partial charge is 0.381 e. The molecule has 0 aliphatic heterocycles. The maximum absolute atomic E-state index is 3.51. The van der Waals surface area contributed by atoms with Crippen LogP contribution in [0.3, 0.4) is 0 Å². The zero-order valence-electron chi connectivity index (χ0n) is 12.3. The number of hydrogen-bond donors (Lipinski definition) is 1. The molecule has 0 amide bonds. The molecule has 0 aliphatic carbocycles. The van der Waals surface area contributed by atoms with Crippen molar-refractivity contribution >= 4 is 32.4 Å². The summed E-state index contributed by atoms with van der Waals surface area (Å²) in [6.07, 6.45) is 0. The van der Waals surface area contributed by atoms with Gasteiger partial charge in [-0.15, -0.1) is 0 Å². The number of halogens is 1. The molecule has 0 spiro atoms. The molecule has 0 saturated heterocycles. The van der Waals surface area contributed by atoms with Gasteiger partial charge in [0.1, 0.15) is 0 Å². The second-order valence-electron chi connectivity index (χ2n) is 5.48. The summed E-state index contributed by atoms with van der Waals surface area (Å²) in [5, 5.41) is 6.01. The molecular formula is C19H18BrN. The maximum Gasteiger partial charge on any atom is 0.0400 e. The summed E-state index contributed by atoms with van der Waals surface area (Å²) in [4.78, 5) is 0. The Bertz CT molecular complexity index is 793. The molecule has 106 valence electrons. The van der Waals surface area contributed by atoms with E-state index < -0.39 is 0 Å². The van der Waals surface area contributed by atoms with Crippen molar-refractivity contribution < 1.29 is 0 Å². The Morgan fingerprint density at radius 1 is 0.810 bits per heavy atom. The van der Waals surface area contributed by atoms with Gasteiger partial charge in [-0.2, -0.15) is 0 Å². The molecule has 1 N–H and O–H groups in total. The van der Waals surface area contributed by atoms with Crippen LogP contribution in [-0.4, -0.2) is 0 Å². The molecular weight excluding hydrogens is 322 g/mol. The third-order valence-electron chi connectivity index (χ3n) is 3.87. The van der Waals surface area contributed by atoms with E-state index in [1.54, 1.807) is 0 Å². The van der Waals surface area contributed by atoms with Crippen molar-refractivity contribution in [3.05, 3.63) is 75.8 Å². The summed E-state index contributed by atoms with van der Waals surface area (Å²) < 4.78 is 1.12. The van der Waals surface area contributed by atoms with E-state index >= 15 is 0 Å². The van der Waals surface area contributed by atoms with E-state index in [1.165, 1.54) is 27.5 Å². The highest BCUT2D eigenvalue weighted by atomic mass is 79.9. The second-order valence-corrected chi connectivity index (χ2v) is 6.39. The molecule has 0 radical (unpaired) electrons. The van der Waals surface area contributed by atoms with Gasteiger partial charge in [0.2, 0.25) is 0 Å². The number of fused-ring (bicyclic) bond motifs is 1. The van der Waals surface area contributed by atoms with E-state index in [1.807, 2.05) is 0 Å². The van der Waals surface area contributed by atoms with Crippen LogP contribution >= 0.6 is 15.9 Å². The van der Waals surface area contributed by atoms with Gasteiger partial charge in [-0.05, 0) is 65.6 Å². The molecule has 0 fully saturated rings. The van der Waals surface area contributed by atoms with Crippen LogP contribution in [0.5, 0.6) is 0 Å². The Hall–Kier alpha value is -1.80. The minimum absolute atomic E-state index is 0.850. The number of rotatable bonds is 3. The molecule has 0 bridgehead atoms. The lowest BCUT2D eigenvalue weighted by molar-refractivity contribution is 1.13. The van der Waals surface area contributed by atoms with Crippen LogP contribution in [0.4, 0.5) is 5.69 Å². The van der Waals surface area contributed by atoms with Crippen LogP contribution in [0.1, 0.15) is 16.7 Å². The van der Waals surface area contributed by atoms with Crippen molar-refractivity contribution in [2.45, 2.75) is 20.4 Å². The van der Waals surface area contributed by atoms with Crippen LogP contribution in [0.2, 0.25) is 0 Å². The predicted octanol–water partition coefficient (Wildman–Crippen LogP) is 5.83. The molecule has 0 saturated carbocycles. The van der Waals surface area contributed by atoms with Crippen molar-refractivity contribution in [2.24, 2.45) is 0 Å². The molecule has 3 rings (SSSR count). The fraction of sp³-hybridized carbons (Fsp3) is 0.158. The normalized spacial score (nSPS) is 10.8. The van der Waals surface area contributed by atoms with Crippen LogP contribution in [0.15, 0.2) is 59.1 Å². The van der Waals surface area contributed by atoms with E-state index in [2.05, 4.69) is 89.7 Å². The highest BCUT2D eigenvalue weighted by Crippen LogP contribution is 2.23. The van der Waals surface area contributed by atoms with Gasteiger partial charge >= 0.3 is 0 Å². The summed E-state index contributed by atoms with van der Waals surface area (Å²) in [6.45, 7) is 5.16. The molecule has 0 unspecified atom stereocenters. The molecule has 1 nitrogen and oxygen atoms in total. The Morgan fingerprint density at radius 2 is 1.57 bits per heavy atom. The van der Waals surface area contributed by atoms with E-state index in [0.717, 1.165) is 16.7 Å². The minimum Gasteiger partial charge on any atom is -0.381 e. The van der Waals surface area contributed by atoms with Crippen LogP contribution in [0, 0.1) is 13.8 Å². The number of hydrogen-bond acceptors (Lipinski definition) is 1. The number of aryl methyl sites for hydroxylation is 2. The summed E-state index contributed by atoms with van der Waals surface area (Å²) in [6, 6.07) is 19.5. The first kappa shape index (κ1) is 14.2. The van der Waals surface area contributed by atoms with Gasteiger partial charge in [0.05, 0.1) is 0 Å². The van der Waals surface area contributed by atoms with Gasteiger partial charge in [-0.25, -0.2) is 0 Å². The van der Waals surface area contributed by atoms with Crippen molar-refractivity contribution in [2.75, 3.05) is 5.32 Å². The van der Waals surface area contributed by atoms with E-state index in [4.69, 9.17) is 0 Å². The Labute approximate surface area is 134 Å². The molecule has 0 aliphatic rings. The van der Waals surface area contributed by atoms with E-state index in [0.29, 0.717) is 0 Å². The second kappa shape index (κ2) is 5.90. The lowest BCUT2D eigenvalue weighted by Gasteiger charge is -2.09. The summed E-state index contributed by atoms with van der Waals surface area (Å²) in [7, 11) is 0. The lowest BCUT2D eigenvalue weighted by atomic mass is 10.1. The van der Waals surface area contributed by atoms with Crippen molar-refractivity contribution in [3.8, 4) is 0 Å². The Balaban J connectivity index is 1.78. The fourth-order valence-electron chi connectivity index (χ4n) is 2.44. The highest BCUT2D eigenvalue weighted by molar-refractivity contribution is 9.10. The molecule has 21 heavy (non-hydrogen) atoms. The van der Waals surface area contributed by atoms with Gasteiger partial charge in [0.25, 0.3) is 0 Å². The zero-order chi connectivity index (χ0) is 14.8. The summed E-state index contributed by atoms with van der Waals surface area (Å²) in [5.74, 6) is 0. The Morgan fingerprint density at radius 3 is 2.38 bits per heavy atom. The van der Waals surface area contributed by atoms with Crippen molar-refractivity contribution in [1.82, 2.24) is 0 Å². The fourth-order valence-corrected chi connectivity index (χ4v) is 2.82. The molecule has 0 heterocycles. The first-order chi connectivity index (χ1) is 10.1. The smallest absolute Gasteiger partial charge is 0.0400 e. The topological polar surface area (TPSA) is 12.0 Å². The molecule has 3 aromatic carbocycles. The zero-order valence-corrected chi connectivity index (χ0v) is 13.9. The lowest BCUT2D eigenvalue weighted by Crippen LogP contribution is -2.00. The van der Waals surface area contributed by atoms with Crippen molar-refractivity contribution in [1.29, 1.82) is 0 Å². The van der Waals surface area contributed by atoms with E-state index in [-0.39, 0.29) is 0 Å². The number of nitrogens with one attached hydrogen (secondary N) is 1. The average Bonchev–Trinajstić information content (AvgIpc) is 2.48. The first-order valence-electron chi connectivity index (χ1n) is 7.11. The van der Waals surface area contributed by atoms with Crippen LogP contribution in [-0.2, 0) is 6.54 Å². The predicted molar refractivity (Wildman–Crippen MR) is 94.9 cm³/mol. The molecule has 0 atom stereocenters. The average molecular weight is 340 g/mol. The van der Waals surface area contributed by atoms with Gasteiger partial charge < -0.3 is 5.32 Å². The third-order valence-corrected chi connectivity index (χ3v) is 4.36. The van der Waals surface area contributed by atoms with Crippen molar-refractivity contribution in [3.63, 3.8) is 0 Å². The quantitative estimate of drug-likeness (QED) is 0.632. The summed E-state index contributed by atoms with van der Waals surface area (Å²) in [5.41, 5.74) is 5.16. The van der Waals surface area contributed by atoms with Gasteiger partial charge in [-0.1, -0.05) is 46.3 Å². The number of benzene rings is 3. The van der Waals surface area contributed by atoms with Gasteiger partial charge in [0.15, 0.2) is 0 Å². The molecule has 3 aromatic rings. The molecule has 0 aromatic heterocycles. The highest BCUT2D eigenvalue weighted by Gasteiger charge is 1.99. The minimum atomic E-state index is 0.850. The first-order valence-corrected chi connectivity index (χ1v) is 7.90. The Kier molecular flexibility index (Phi) is 3.98.